The highest BCUT2D eigenvalue weighted by Gasteiger charge is 2.19. The minimum absolute atomic E-state index is 0.160. The molecule has 1 aliphatic rings. The largest absolute Gasteiger partial charge is 0.310 e. The fraction of sp³-hybridized carbons (Fsp3) is 0.375. The zero-order valence-corrected chi connectivity index (χ0v) is 6.35. The number of aromatic nitrogens is 1. The molecule has 0 aliphatic carbocycles. The van der Waals surface area contributed by atoms with Gasteiger partial charge in [-0.25, -0.2) is 9.37 Å². The van der Waals surface area contributed by atoms with Crippen molar-refractivity contribution in [1.29, 1.82) is 0 Å². The van der Waals surface area contributed by atoms with Gasteiger partial charge in [0.2, 0.25) is 5.95 Å². The van der Waals surface area contributed by atoms with E-state index in [9.17, 15) is 8.78 Å². The van der Waals surface area contributed by atoms with E-state index >= 15 is 0 Å². The molecule has 1 unspecified atom stereocenters. The Balaban J connectivity index is 2.27. The topological polar surface area (TPSA) is 24.9 Å². The monoisotopic (exact) mass is 170 g/mol. The predicted octanol–water partition coefficient (Wildman–Crippen LogP) is 1.39. The molecule has 1 fully saturated rings. The molecule has 0 bridgehead atoms. The van der Waals surface area contributed by atoms with Crippen molar-refractivity contribution < 1.29 is 8.78 Å². The number of halogens is 2. The van der Waals surface area contributed by atoms with Crippen LogP contribution >= 0.6 is 0 Å². The summed E-state index contributed by atoms with van der Waals surface area (Å²) in [5, 5.41) is 3.08. The van der Waals surface area contributed by atoms with Crippen molar-refractivity contribution >= 4 is 0 Å². The first-order valence-electron chi connectivity index (χ1n) is 3.81. The Kier molecular flexibility index (Phi) is 1.77. The predicted molar refractivity (Wildman–Crippen MR) is 39.5 cm³/mol. The van der Waals surface area contributed by atoms with E-state index in [-0.39, 0.29) is 6.04 Å². The van der Waals surface area contributed by atoms with Crippen molar-refractivity contribution in [2.75, 3.05) is 6.54 Å². The molecule has 1 aromatic heterocycles. The summed E-state index contributed by atoms with van der Waals surface area (Å²) in [6.45, 7) is 0.934. The molecule has 4 heteroatoms. The molecular weight excluding hydrogens is 162 g/mol. The lowest BCUT2D eigenvalue weighted by molar-refractivity contribution is 0.377. The van der Waals surface area contributed by atoms with E-state index in [4.69, 9.17) is 0 Å². The average Bonchev–Trinajstić information content (AvgIpc) is 1.93. The van der Waals surface area contributed by atoms with Crippen LogP contribution < -0.4 is 5.32 Å². The Morgan fingerprint density at radius 1 is 1.50 bits per heavy atom. The summed E-state index contributed by atoms with van der Waals surface area (Å²) in [5.74, 6) is -1.90. The lowest BCUT2D eigenvalue weighted by Gasteiger charge is -2.27. The first-order valence-corrected chi connectivity index (χ1v) is 3.81. The third kappa shape index (κ3) is 1.18. The molecule has 1 saturated heterocycles. The number of pyridine rings is 1. The second-order valence-corrected chi connectivity index (χ2v) is 2.84. The van der Waals surface area contributed by atoms with Crippen molar-refractivity contribution in [3.05, 3.63) is 29.6 Å². The second-order valence-electron chi connectivity index (χ2n) is 2.84. The van der Waals surface area contributed by atoms with Gasteiger partial charge in [0.1, 0.15) is 0 Å². The summed E-state index contributed by atoms with van der Waals surface area (Å²) in [6, 6.07) is 1.35. The van der Waals surface area contributed by atoms with Gasteiger partial charge in [-0.1, -0.05) is 0 Å². The molecule has 64 valence electrons. The summed E-state index contributed by atoms with van der Waals surface area (Å²) < 4.78 is 25.0. The fourth-order valence-electron chi connectivity index (χ4n) is 1.20. The van der Waals surface area contributed by atoms with Crippen LogP contribution in [0.5, 0.6) is 0 Å². The molecule has 1 aromatic rings. The third-order valence-corrected chi connectivity index (χ3v) is 2.04. The summed E-state index contributed by atoms with van der Waals surface area (Å²) in [7, 11) is 0. The number of rotatable bonds is 1. The molecule has 1 N–H and O–H groups in total. The maximum atomic E-state index is 12.6. The van der Waals surface area contributed by atoms with Gasteiger partial charge in [0, 0.05) is 12.2 Å². The summed E-state index contributed by atoms with van der Waals surface area (Å²) in [6.07, 6.45) is 2.34. The van der Waals surface area contributed by atoms with E-state index in [2.05, 4.69) is 10.3 Å². The third-order valence-electron chi connectivity index (χ3n) is 2.04. The lowest BCUT2D eigenvalue weighted by atomic mass is 10.00. The van der Waals surface area contributed by atoms with Crippen molar-refractivity contribution in [3.63, 3.8) is 0 Å². The Labute approximate surface area is 68.6 Å². The van der Waals surface area contributed by atoms with E-state index < -0.39 is 11.8 Å². The van der Waals surface area contributed by atoms with Crippen LogP contribution in [-0.4, -0.2) is 11.5 Å². The number of hydrogen-bond acceptors (Lipinski definition) is 2. The molecule has 2 nitrogen and oxygen atoms in total. The zero-order valence-electron chi connectivity index (χ0n) is 6.35. The summed E-state index contributed by atoms with van der Waals surface area (Å²) >= 11 is 0. The molecule has 1 aliphatic heterocycles. The second kappa shape index (κ2) is 2.79. The van der Waals surface area contributed by atoms with Crippen molar-refractivity contribution in [1.82, 2.24) is 10.3 Å². The number of hydrogen-bond donors (Lipinski definition) is 1. The molecule has 0 radical (unpaired) electrons. The zero-order chi connectivity index (χ0) is 8.55. The van der Waals surface area contributed by atoms with Crippen LogP contribution in [0.4, 0.5) is 8.78 Å². The van der Waals surface area contributed by atoms with Gasteiger partial charge in [0.25, 0.3) is 0 Å². The number of nitrogens with one attached hydrogen (secondary N) is 1. The van der Waals surface area contributed by atoms with Crippen LogP contribution in [0.1, 0.15) is 18.0 Å². The molecule has 12 heavy (non-hydrogen) atoms. The first-order chi connectivity index (χ1) is 5.77. The lowest BCUT2D eigenvalue weighted by Crippen LogP contribution is -2.35. The van der Waals surface area contributed by atoms with Crippen LogP contribution in [0, 0.1) is 11.8 Å². The van der Waals surface area contributed by atoms with E-state index in [1.165, 1.54) is 12.3 Å². The molecular formula is C8H8F2N2. The maximum absolute atomic E-state index is 12.6. The normalized spacial score (nSPS) is 22.0. The number of nitrogens with zero attached hydrogens (tertiary/aromatic N) is 1. The van der Waals surface area contributed by atoms with E-state index in [1.54, 1.807) is 0 Å². The van der Waals surface area contributed by atoms with Gasteiger partial charge in [0.05, 0.1) is 0 Å². The van der Waals surface area contributed by atoms with E-state index in [0.29, 0.717) is 0 Å². The van der Waals surface area contributed by atoms with Crippen molar-refractivity contribution in [3.8, 4) is 0 Å². The van der Waals surface area contributed by atoms with Gasteiger partial charge >= 0.3 is 0 Å². The van der Waals surface area contributed by atoms with Crippen LogP contribution in [-0.2, 0) is 0 Å². The average molecular weight is 170 g/mol. The Morgan fingerprint density at radius 3 is 2.75 bits per heavy atom. The first kappa shape index (κ1) is 7.61. The molecule has 1 atom stereocenters. The SMILES string of the molecule is Fc1cc(C2CCN2)cnc1F. The molecule has 0 saturated carbocycles. The van der Waals surface area contributed by atoms with Gasteiger partial charge in [-0.15, -0.1) is 0 Å². The van der Waals surface area contributed by atoms with Gasteiger partial charge in [0.15, 0.2) is 5.82 Å². The van der Waals surface area contributed by atoms with Gasteiger partial charge in [-0.3, -0.25) is 0 Å². The highest BCUT2D eigenvalue weighted by molar-refractivity contribution is 5.17. The van der Waals surface area contributed by atoms with Crippen LogP contribution in [0.25, 0.3) is 0 Å². The highest BCUT2D eigenvalue weighted by atomic mass is 19.2. The Morgan fingerprint density at radius 2 is 2.25 bits per heavy atom. The smallest absolute Gasteiger partial charge is 0.248 e. The standard InChI is InChI=1S/C8H8F2N2/c9-6-3-5(4-12-8(6)10)7-1-2-11-7/h3-4,7,11H,1-2H2. The Bertz CT molecular complexity index is 297. The van der Waals surface area contributed by atoms with Crippen molar-refractivity contribution in [2.24, 2.45) is 0 Å². The van der Waals surface area contributed by atoms with Crippen LogP contribution in [0.15, 0.2) is 12.3 Å². The fourth-order valence-corrected chi connectivity index (χ4v) is 1.20. The Hall–Kier alpha value is -1.03. The maximum Gasteiger partial charge on any atom is 0.248 e. The molecule has 0 aromatic carbocycles. The molecule has 2 heterocycles. The van der Waals surface area contributed by atoms with Crippen molar-refractivity contribution in [2.45, 2.75) is 12.5 Å². The van der Waals surface area contributed by atoms with Gasteiger partial charge < -0.3 is 5.32 Å². The van der Waals surface area contributed by atoms with E-state index in [1.807, 2.05) is 0 Å². The van der Waals surface area contributed by atoms with Crippen LogP contribution in [0.3, 0.4) is 0 Å². The summed E-state index contributed by atoms with van der Waals surface area (Å²) in [4.78, 5) is 3.30. The minimum Gasteiger partial charge on any atom is -0.310 e. The van der Waals surface area contributed by atoms with Crippen LogP contribution in [0.2, 0.25) is 0 Å². The highest BCUT2D eigenvalue weighted by Crippen LogP contribution is 2.22. The van der Waals surface area contributed by atoms with Gasteiger partial charge in [-0.2, -0.15) is 4.39 Å². The summed E-state index contributed by atoms with van der Waals surface area (Å²) in [5.41, 5.74) is 0.722. The minimum atomic E-state index is -1.03. The molecule has 0 amide bonds. The molecule has 2 rings (SSSR count). The quantitative estimate of drug-likeness (QED) is 0.644. The molecule has 0 spiro atoms. The van der Waals surface area contributed by atoms with E-state index in [0.717, 1.165) is 18.5 Å². The van der Waals surface area contributed by atoms with Gasteiger partial charge in [-0.05, 0) is 24.6 Å².